The van der Waals surface area contributed by atoms with Crippen LogP contribution in [0.2, 0.25) is 0 Å². The Hall–Kier alpha value is -2.15. The fraction of sp³-hybridized carbons (Fsp3) is 0.462. The van der Waals surface area contributed by atoms with Gasteiger partial charge < -0.3 is 15.0 Å². The summed E-state index contributed by atoms with van der Waals surface area (Å²) in [6, 6.07) is 3.10. The van der Waals surface area contributed by atoms with E-state index in [2.05, 4.69) is 10.1 Å². The van der Waals surface area contributed by atoms with Crippen molar-refractivity contribution in [1.82, 2.24) is 4.90 Å². The van der Waals surface area contributed by atoms with Crippen LogP contribution in [0.4, 0.5) is 11.4 Å². The van der Waals surface area contributed by atoms with Crippen LogP contribution < -0.4 is 5.32 Å². The standard InChI is InChI=1S/C13H19N3O4/c1-9-7-10(14-5-6-15(2)3)8-11(13(17)20-4)12(9)16(18)19/h7-8,14H,5-6H2,1-4H3. The quantitative estimate of drug-likeness (QED) is 0.485. The van der Waals surface area contributed by atoms with E-state index in [4.69, 9.17) is 0 Å². The number of methoxy groups -OCH3 is 1. The van der Waals surface area contributed by atoms with Gasteiger partial charge in [-0.1, -0.05) is 0 Å². The summed E-state index contributed by atoms with van der Waals surface area (Å²) in [4.78, 5) is 24.2. The molecule has 0 saturated carbocycles. The number of esters is 1. The predicted octanol–water partition coefficient (Wildman–Crippen LogP) is 1.66. The monoisotopic (exact) mass is 281 g/mol. The number of nitro groups is 1. The number of ether oxygens (including phenoxy) is 1. The Morgan fingerprint density at radius 3 is 2.60 bits per heavy atom. The number of carbonyl (C=O) groups excluding carboxylic acids is 1. The molecule has 1 aromatic carbocycles. The van der Waals surface area contributed by atoms with Crippen molar-refractivity contribution in [2.45, 2.75) is 6.92 Å². The van der Waals surface area contributed by atoms with Crippen LogP contribution in [0.3, 0.4) is 0 Å². The summed E-state index contributed by atoms with van der Waals surface area (Å²) in [5.74, 6) is -0.712. The van der Waals surface area contributed by atoms with Crippen molar-refractivity contribution in [3.8, 4) is 0 Å². The van der Waals surface area contributed by atoms with Crippen molar-refractivity contribution in [1.29, 1.82) is 0 Å². The maximum Gasteiger partial charge on any atom is 0.344 e. The summed E-state index contributed by atoms with van der Waals surface area (Å²) in [6.45, 7) is 3.08. The van der Waals surface area contributed by atoms with Crippen LogP contribution in [0.25, 0.3) is 0 Å². The minimum absolute atomic E-state index is 0.0372. The highest BCUT2D eigenvalue weighted by molar-refractivity contribution is 5.95. The number of nitro benzene ring substituents is 1. The van der Waals surface area contributed by atoms with E-state index in [9.17, 15) is 14.9 Å². The molecule has 0 saturated heterocycles. The van der Waals surface area contributed by atoms with Gasteiger partial charge in [0.2, 0.25) is 0 Å². The molecule has 0 aliphatic heterocycles. The second kappa shape index (κ2) is 6.85. The number of nitrogens with zero attached hydrogens (tertiary/aromatic N) is 2. The first-order chi connectivity index (χ1) is 9.36. The number of aryl methyl sites for hydroxylation is 1. The molecule has 0 fully saturated rings. The van der Waals surface area contributed by atoms with Gasteiger partial charge in [-0.3, -0.25) is 10.1 Å². The predicted molar refractivity (Wildman–Crippen MR) is 76.2 cm³/mol. The fourth-order valence-corrected chi connectivity index (χ4v) is 1.81. The van der Waals surface area contributed by atoms with E-state index in [1.54, 1.807) is 13.0 Å². The lowest BCUT2D eigenvalue weighted by atomic mass is 10.1. The number of carbonyl (C=O) groups is 1. The average Bonchev–Trinajstić information content (AvgIpc) is 2.36. The number of hydrogen-bond donors (Lipinski definition) is 1. The van der Waals surface area contributed by atoms with Crippen molar-refractivity contribution >= 4 is 17.3 Å². The Kier molecular flexibility index (Phi) is 5.45. The summed E-state index contributed by atoms with van der Waals surface area (Å²) in [5.41, 5.74) is 0.834. The molecule has 1 aromatic rings. The lowest BCUT2D eigenvalue weighted by molar-refractivity contribution is -0.385. The number of benzene rings is 1. The lowest BCUT2D eigenvalue weighted by Gasteiger charge is -2.13. The summed E-state index contributed by atoms with van der Waals surface area (Å²) in [5, 5.41) is 14.2. The normalized spacial score (nSPS) is 10.4. The average molecular weight is 281 g/mol. The first-order valence-corrected chi connectivity index (χ1v) is 6.12. The summed E-state index contributed by atoms with van der Waals surface area (Å²) >= 11 is 0. The van der Waals surface area contributed by atoms with Gasteiger partial charge in [-0.05, 0) is 33.2 Å². The molecule has 7 nitrogen and oxygen atoms in total. The van der Waals surface area contributed by atoms with Crippen molar-refractivity contribution < 1.29 is 14.5 Å². The van der Waals surface area contributed by atoms with Crippen molar-refractivity contribution in [3.05, 3.63) is 33.4 Å². The molecule has 7 heteroatoms. The Balaban J connectivity index is 3.08. The molecule has 110 valence electrons. The molecule has 1 N–H and O–H groups in total. The molecule has 0 spiro atoms. The number of anilines is 1. The van der Waals surface area contributed by atoms with Crippen molar-refractivity contribution in [2.24, 2.45) is 0 Å². The fourth-order valence-electron chi connectivity index (χ4n) is 1.81. The van der Waals surface area contributed by atoms with Gasteiger partial charge in [-0.2, -0.15) is 0 Å². The molecule has 0 bridgehead atoms. The lowest BCUT2D eigenvalue weighted by Crippen LogP contribution is -2.21. The Morgan fingerprint density at radius 1 is 1.45 bits per heavy atom. The summed E-state index contributed by atoms with van der Waals surface area (Å²) in [7, 11) is 5.10. The van der Waals surface area contributed by atoms with E-state index in [0.717, 1.165) is 6.54 Å². The molecule has 0 radical (unpaired) electrons. The second-order valence-corrected chi connectivity index (χ2v) is 4.67. The van der Waals surface area contributed by atoms with Crippen molar-refractivity contribution in [3.63, 3.8) is 0 Å². The molecule has 0 heterocycles. The third-order valence-electron chi connectivity index (χ3n) is 2.78. The van der Waals surface area contributed by atoms with Gasteiger partial charge in [0, 0.05) is 24.3 Å². The number of rotatable bonds is 6. The zero-order chi connectivity index (χ0) is 15.3. The molecule has 0 aliphatic carbocycles. The number of likely N-dealkylation sites (N-methyl/N-ethyl adjacent to an activating group) is 1. The van der Waals surface area contributed by atoms with Gasteiger partial charge in [-0.15, -0.1) is 0 Å². The highest BCUT2D eigenvalue weighted by atomic mass is 16.6. The Labute approximate surface area is 117 Å². The highest BCUT2D eigenvalue weighted by Gasteiger charge is 2.24. The molecule has 0 unspecified atom stereocenters. The topological polar surface area (TPSA) is 84.7 Å². The minimum atomic E-state index is -0.712. The summed E-state index contributed by atoms with van der Waals surface area (Å²) < 4.78 is 4.60. The SMILES string of the molecule is COC(=O)c1cc(NCCN(C)C)cc(C)c1[N+](=O)[O-]. The Morgan fingerprint density at radius 2 is 2.10 bits per heavy atom. The van der Waals surface area contributed by atoms with E-state index in [-0.39, 0.29) is 11.3 Å². The second-order valence-electron chi connectivity index (χ2n) is 4.67. The summed E-state index contributed by atoms with van der Waals surface area (Å²) in [6.07, 6.45) is 0. The minimum Gasteiger partial charge on any atom is -0.465 e. The van der Waals surface area contributed by atoms with Crippen LogP contribution >= 0.6 is 0 Å². The van der Waals surface area contributed by atoms with Gasteiger partial charge in [0.05, 0.1) is 12.0 Å². The maximum absolute atomic E-state index is 11.7. The molecule has 0 atom stereocenters. The Bertz CT molecular complexity index is 515. The van der Waals surface area contributed by atoms with Crippen LogP contribution in [0.1, 0.15) is 15.9 Å². The highest BCUT2D eigenvalue weighted by Crippen LogP contribution is 2.28. The van der Waals surface area contributed by atoms with E-state index < -0.39 is 10.9 Å². The zero-order valence-corrected chi connectivity index (χ0v) is 12.1. The molecular formula is C13H19N3O4. The van der Waals surface area contributed by atoms with Crippen molar-refractivity contribution in [2.75, 3.05) is 39.6 Å². The van der Waals surface area contributed by atoms with E-state index in [1.807, 2.05) is 19.0 Å². The van der Waals surface area contributed by atoms with Gasteiger partial charge in [0.1, 0.15) is 5.56 Å². The molecule has 0 aliphatic rings. The van der Waals surface area contributed by atoms with Crippen LogP contribution in [-0.2, 0) is 4.74 Å². The molecule has 20 heavy (non-hydrogen) atoms. The van der Waals surface area contributed by atoms with Gasteiger partial charge in [-0.25, -0.2) is 4.79 Å². The van der Waals surface area contributed by atoms with Crippen LogP contribution in [0.15, 0.2) is 12.1 Å². The molecular weight excluding hydrogens is 262 g/mol. The van der Waals surface area contributed by atoms with E-state index in [1.165, 1.54) is 13.2 Å². The third-order valence-corrected chi connectivity index (χ3v) is 2.78. The first-order valence-electron chi connectivity index (χ1n) is 6.12. The van der Waals surface area contributed by atoms with Gasteiger partial charge in [0.25, 0.3) is 5.69 Å². The molecule has 1 rings (SSSR count). The van der Waals surface area contributed by atoms with Gasteiger partial charge in [0.15, 0.2) is 0 Å². The number of nitrogens with one attached hydrogen (secondary N) is 1. The van der Waals surface area contributed by atoms with Crippen LogP contribution in [0.5, 0.6) is 0 Å². The van der Waals surface area contributed by atoms with E-state index in [0.29, 0.717) is 17.8 Å². The van der Waals surface area contributed by atoms with Crippen LogP contribution in [0, 0.1) is 17.0 Å². The largest absolute Gasteiger partial charge is 0.465 e. The first kappa shape index (κ1) is 15.9. The van der Waals surface area contributed by atoms with Gasteiger partial charge >= 0.3 is 5.97 Å². The third kappa shape index (κ3) is 3.92. The number of hydrogen-bond acceptors (Lipinski definition) is 6. The van der Waals surface area contributed by atoms with E-state index >= 15 is 0 Å². The molecule has 0 aromatic heterocycles. The smallest absolute Gasteiger partial charge is 0.344 e. The maximum atomic E-state index is 11.7. The molecule has 0 amide bonds. The zero-order valence-electron chi connectivity index (χ0n) is 12.1. The van der Waals surface area contributed by atoms with Crippen LogP contribution in [-0.4, -0.2) is 50.1 Å².